The highest BCUT2D eigenvalue weighted by Gasteiger charge is 2.26. The molecule has 1 aliphatic rings. The van der Waals surface area contributed by atoms with Gasteiger partial charge in [0.1, 0.15) is 16.3 Å². The Balaban J connectivity index is 1.06. The predicted octanol–water partition coefficient (Wildman–Crippen LogP) is 3.64. The Morgan fingerprint density at radius 1 is 0.786 bits per heavy atom. The molecule has 1 aliphatic heterocycles. The molecular weight excluding hydrogens is 554 g/mol. The van der Waals surface area contributed by atoms with Gasteiger partial charge in [-0.05, 0) is 60.0 Å². The number of hydrogen-bond donors (Lipinski definition) is 3. The highest BCUT2D eigenvalue weighted by Crippen LogP contribution is 2.23. The van der Waals surface area contributed by atoms with E-state index < -0.39 is 11.8 Å². The number of carbonyl (C=O) groups is 4. The van der Waals surface area contributed by atoms with E-state index in [-0.39, 0.29) is 16.7 Å². The summed E-state index contributed by atoms with van der Waals surface area (Å²) in [5.41, 5.74) is 9.05. The highest BCUT2D eigenvalue weighted by atomic mass is 32.1. The van der Waals surface area contributed by atoms with Gasteiger partial charge in [-0.1, -0.05) is 18.2 Å². The first-order valence-corrected chi connectivity index (χ1v) is 14.0. The Morgan fingerprint density at radius 2 is 1.48 bits per heavy atom. The fourth-order valence-corrected chi connectivity index (χ4v) is 5.48. The van der Waals surface area contributed by atoms with Gasteiger partial charge in [0.05, 0.1) is 16.7 Å². The van der Waals surface area contributed by atoms with Gasteiger partial charge in [-0.2, -0.15) is 0 Å². The van der Waals surface area contributed by atoms with Crippen molar-refractivity contribution in [2.75, 3.05) is 31.5 Å². The van der Waals surface area contributed by atoms with Gasteiger partial charge >= 0.3 is 0 Å². The maximum Gasteiger partial charge on any atom is 0.272 e. The van der Waals surface area contributed by atoms with Crippen LogP contribution in [0.15, 0.2) is 78.2 Å². The second-order valence-electron chi connectivity index (χ2n) is 9.65. The number of hydrogen-bond acceptors (Lipinski definition) is 7. The number of nitrogens with two attached hydrogens (primary N) is 1. The first kappa shape index (κ1) is 26.8. The maximum atomic E-state index is 13.2. The molecule has 0 bridgehead atoms. The number of rotatable bonds is 6. The van der Waals surface area contributed by atoms with E-state index in [2.05, 4.69) is 20.3 Å². The summed E-state index contributed by atoms with van der Waals surface area (Å²) in [6.07, 6.45) is 0. The van der Waals surface area contributed by atoms with Crippen LogP contribution in [0.5, 0.6) is 0 Å². The van der Waals surface area contributed by atoms with Gasteiger partial charge in [0, 0.05) is 37.3 Å². The van der Waals surface area contributed by atoms with Crippen LogP contribution in [0.4, 0.5) is 5.69 Å². The number of para-hydroxylation sites is 2. The van der Waals surface area contributed by atoms with Crippen LogP contribution < -0.4 is 11.1 Å². The van der Waals surface area contributed by atoms with E-state index >= 15 is 0 Å². The lowest BCUT2D eigenvalue weighted by atomic mass is 10.1. The van der Waals surface area contributed by atoms with Gasteiger partial charge in [0.2, 0.25) is 0 Å². The predicted molar refractivity (Wildman–Crippen MR) is 158 cm³/mol. The second kappa shape index (κ2) is 11.3. The first-order chi connectivity index (χ1) is 20.4. The third-order valence-electron chi connectivity index (χ3n) is 6.99. The highest BCUT2D eigenvalue weighted by molar-refractivity contribution is 7.12. The first-order valence-electron chi connectivity index (χ1n) is 13.2. The van der Waals surface area contributed by atoms with Crippen molar-refractivity contribution in [3.05, 3.63) is 99.9 Å². The number of pyridine rings is 1. The number of nitrogens with one attached hydrogen (secondary N) is 2. The molecule has 2 aromatic carbocycles. The van der Waals surface area contributed by atoms with Gasteiger partial charge in [-0.15, -0.1) is 11.3 Å². The Kier molecular flexibility index (Phi) is 7.19. The van der Waals surface area contributed by atoms with Crippen LogP contribution in [0.25, 0.3) is 22.6 Å². The topological polar surface area (TPSA) is 154 Å². The number of nitrogens with zero attached hydrogens (tertiary/aromatic N) is 4. The van der Waals surface area contributed by atoms with Crippen molar-refractivity contribution in [3.63, 3.8) is 0 Å². The molecule has 12 heteroatoms. The van der Waals surface area contributed by atoms with Crippen molar-refractivity contribution in [1.29, 1.82) is 0 Å². The van der Waals surface area contributed by atoms with Crippen molar-refractivity contribution in [3.8, 4) is 11.5 Å². The average Bonchev–Trinajstić information content (AvgIpc) is 3.68. The fourth-order valence-electron chi connectivity index (χ4n) is 4.77. The summed E-state index contributed by atoms with van der Waals surface area (Å²) in [4.78, 5) is 66.5. The molecule has 1 saturated heterocycles. The number of piperazine rings is 1. The molecule has 1 fully saturated rings. The summed E-state index contributed by atoms with van der Waals surface area (Å²) >= 11 is 1.15. The number of thiophene rings is 1. The largest absolute Gasteiger partial charge is 0.365 e. The summed E-state index contributed by atoms with van der Waals surface area (Å²) in [6.45, 7) is 1.46. The van der Waals surface area contributed by atoms with E-state index in [1.54, 1.807) is 63.7 Å². The van der Waals surface area contributed by atoms with Crippen molar-refractivity contribution < 1.29 is 19.2 Å². The van der Waals surface area contributed by atoms with Gasteiger partial charge in [0.25, 0.3) is 23.6 Å². The van der Waals surface area contributed by atoms with Crippen LogP contribution in [0.2, 0.25) is 0 Å². The molecule has 4 heterocycles. The molecule has 0 spiro atoms. The fraction of sp³-hybridized carbons (Fsp3) is 0.133. The third-order valence-corrected chi connectivity index (χ3v) is 7.91. The SMILES string of the molecule is NC(=O)c1sccc1NC(=O)c1ccc(C(=O)N2CCN(C(=O)c3cccc(-c4nc5ccccc5[nH]4)n3)CC2)cc1. The quantitative estimate of drug-likeness (QED) is 0.279. The van der Waals surface area contributed by atoms with E-state index in [9.17, 15) is 19.2 Å². The molecule has 5 aromatic rings. The number of primary amides is 1. The zero-order valence-electron chi connectivity index (χ0n) is 22.2. The Labute approximate surface area is 244 Å². The molecule has 3 aromatic heterocycles. The minimum atomic E-state index is -0.615. The summed E-state index contributed by atoms with van der Waals surface area (Å²) in [6, 6.07) is 20.8. The maximum absolute atomic E-state index is 13.2. The zero-order chi connectivity index (χ0) is 29.2. The lowest BCUT2D eigenvalue weighted by Gasteiger charge is -2.34. The molecular formula is C30H25N7O4S. The molecule has 210 valence electrons. The number of benzene rings is 2. The minimum Gasteiger partial charge on any atom is -0.365 e. The Bertz CT molecular complexity index is 1790. The summed E-state index contributed by atoms with van der Waals surface area (Å²) in [5.74, 6) is -0.837. The number of amides is 4. The van der Waals surface area contributed by atoms with Gasteiger partial charge in [-0.25, -0.2) is 9.97 Å². The molecule has 0 aliphatic carbocycles. The zero-order valence-corrected chi connectivity index (χ0v) is 23.1. The van der Waals surface area contributed by atoms with Crippen LogP contribution in [0.1, 0.15) is 40.9 Å². The molecule has 0 radical (unpaired) electrons. The number of aromatic amines is 1. The van der Waals surface area contributed by atoms with E-state index in [1.165, 1.54) is 0 Å². The summed E-state index contributed by atoms with van der Waals surface area (Å²) in [7, 11) is 0. The second-order valence-corrected chi connectivity index (χ2v) is 10.6. The molecule has 4 N–H and O–H groups in total. The van der Waals surface area contributed by atoms with Crippen molar-refractivity contribution >= 4 is 51.7 Å². The number of aromatic nitrogens is 3. The summed E-state index contributed by atoms with van der Waals surface area (Å²) < 4.78 is 0. The standard InChI is InChI=1S/C30H25N7O4S/c31-26(38)25-22(12-17-42-25)35-28(39)18-8-10-19(11-9-18)29(40)36-13-15-37(16-14-36)30(41)24-7-3-6-23(32-24)27-33-20-4-1-2-5-21(20)34-27/h1-12,17H,13-16H2,(H2,31,38)(H,33,34)(H,35,39). The normalized spacial score (nSPS) is 13.2. The minimum absolute atomic E-state index is 0.187. The summed E-state index contributed by atoms with van der Waals surface area (Å²) in [5, 5.41) is 4.34. The van der Waals surface area contributed by atoms with E-state index in [0.29, 0.717) is 60.2 Å². The molecule has 42 heavy (non-hydrogen) atoms. The monoisotopic (exact) mass is 579 g/mol. The lowest BCUT2D eigenvalue weighted by Crippen LogP contribution is -2.50. The van der Waals surface area contributed by atoms with Crippen molar-refractivity contribution in [2.45, 2.75) is 0 Å². The van der Waals surface area contributed by atoms with Gasteiger partial charge in [-0.3, -0.25) is 19.2 Å². The Hall–Kier alpha value is -5.36. The van der Waals surface area contributed by atoms with Crippen LogP contribution >= 0.6 is 11.3 Å². The van der Waals surface area contributed by atoms with Crippen LogP contribution in [-0.2, 0) is 0 Å². The van der Waals surface area contributed by atoms with Gasteiger partial charge < -0.3 is 25.8 Å². The van der Waals surface area contributed by atoms with Crippen molar-refractivity contribution in [1.82, 2.24) is 24.8 Å². The molecule has 0 saturated carbocycles. The van der Waals surface area contributed by atoms with Crippen LogP contribution in [-0.4, -0.2) is 74.6 Å². The smallest absolute Gasteiger partial charge is 0.272 e. The number of fused-ring (bicyclic) bond motifs is 1. The average molecular weight is 580 g/mol. The van der Waals surface area contributed by atoms with E-state index in [0.717, 1.165) is 22.4 Å². The van der Waals surface area contributed by atoms with E-state index in [4.69, 9.17) is 5.73 Å². The van der Waals surface area contributed by atoms with E-state index in [1.807, 2.05) is 24.3 Å². The molecule has 4 amide bonds. The number of carbonyl (C=O) groups excluding carboxylic acids is 4. The Morgan fingerprint density at radius 3 is 2.19 bits per heavy atom. The molecule has 0 atom stereocenters. The molecule has 6 rings (SSSR count). The third kappa shape index (κ3) is 5.34. The van der Waals surface area contributed by atoms with Crippen LogP contribution in [0.3, 0.4) is 0 Å². The molecule has 11 nitrogen and oxygen atoms in total. The number of anilines is 1. The van der Waals surface area contributed by atoms with Crippen molar-refractivity contribution in [2.24, 2.45) is 5.73 Å². The van der Waals surface area contributed by atoms with Gasteiger partial charge in [0.15, 0.2) is 5.82 Å². The van der Waals surface area contributed by atoms with Crippen LogP contribution in [0, 0.1) is 0 Å². The number of imidazole rings is 1. The number of H-pyrrole nitrogens is 1. The molecule has 0 unspecified atom stereocenters. The lowest BCUT2D eigenvalue weighted by molar-refractivity contribution is 0.0532.